The van der Waals surface area contributed by atoms with E-state index in [9.17, 15) is 9.90 Å². The fourth-order valence-electron chi connectivity index (χ4n) is 3.04. The molecule has 0 spiro atoms. The maximum atomic E-state index is 11.5. The van der Waals surface area contributed by atoms with Crippen LogP contribution in [0.15, 0.2) is 47.0 Å². The Labute approximate surface area is 155 Å². The Morgan fingerprint density at radius 3 is 2.78 bits per heavy atom. The molecule has 1 aliphatic rings. The van der Waals surface area contributed by atoms with Gasteiger partial charge in [0.2, 0.25) is 5.91 Å². The van der Waals surface area contributed by atoms with Gasteiger partial charge in [-0.3, -0.25) is 4.79 Å². The first-order chi connectivity index (χ1) is 13.1. The summed E-state index contributed by atoms with van der Waals surface area (Å²) in [5.74, 6) is 0.804. The van der Waals surface area contributed by atoms with Crippen LogP contribution in [0.4, 0.5) is 5.69 Å². The quantitative estimate of drug-likeness (QED) is 0.641. The number of nitrogens with zero attached hydrogens (tertiary/aromatic N) is 1. The topological polar surface area (TPSA) is 105 Å². The van der Waals surface area contributed by atoms with Gasteiger partial charge in [0.15, 0.2) is 17.3 Å². The Balaban J connectivity index is 1.59. The zero-order chi connectivity index (χ0) is 18.8. The molecular weight excluding hydrogens is 348 g/mol. The summed E-state index contributed by atoms with van der Waals surface area (Å²) >= 11 is 0. The molecule has 27 heavy (non-hydrogen) atoms. The van der Waals surface area contributed by atoms with Crippen LogP contribution < -0.4 is 10.1 Å². The van der Waals surface area contributed by atoms with Crippen LogP contribution in [0.2, 0.25) is 0 Å². The van der Waals surface area contributed by atoms with Crippen molar-refractivity contribution in [1.82, 2.24) is 5.16 Å². The zero-order valence-electron chi connectivity index (χ0n) is 14.4. The number of anilines is 1. The van der Waals surface area contributed by atoms with Crippen molar-refractivity contribution in [3.63, 3.8) is 0 Å². The van der Waals surface area contributed by atoms with Crippen molar-refractivity contribution in [3.05, 3.63) is 48.0 Å². The van der Waals surface area contributed by atoms with Crippen LogP contribution in [0.3, 0.4) is 0 Å². The molecule has 0 saturated carbocycles. The highest BCUT2D eigenvalue weighted by molar-refractivity contribution is 5.94. The van der Waals surface area contributed by atoms with E-state index in [1.54, 1.807) is 18.2 Å². The second kappa shape index (κ2) is 7.13. The van der Waals surface area contributed by atoms with Gasteiger partial charge < -0.3 is 24.8 Å². The molecule has 0 unspecified atom stereocenters. The second-order valence-corrected chi connectivity index (χ2v) is 6.25. The summed E-state index contributed by atoms with van der Waals surface area (Å²) in [4.78, 5) is 11.5. The molecule has 0 bridgehead atoms. The zero-order valence-corrected chi connectivity index (χ0v) is 14.4. The highest BCUT2D eigenvalue weighted by Crippen LogP contribution is 2.34. The standard InChI is InChI=1S/C20H18N2O5/c23-7-8-26-18-5-2-14(10-17(18)24)19-11-16(22-27-19)13-1-4-15-12(9-13)3-6-20(25)21-15/h1-2,4-5,9-11,23-24H,3,6-8H2,(H,21,25). The fraction of sp³-hybridized carbons (Fsp3) is 0.200. The van der Waals surface area contributed by atoms with Crippen LogP contribution in [0.5, 0.6) is 11.5 Å². The number of aryl methyl sites for hydroxylation is 1. The summed E-state index contributed by atoms with van der Waals surface area (Å²) in [6.45, 7) is -0.0186. The maximum absolute atomic E-state index is 11.5. The van der Waals surface area contributed by atoms with Crippen molar-refractivity contribution < 1.29 is 24.3 Å². The molecular formula is C20H18N2O5. The number of aliphatic hydroxyl groups excluding tert-OH is 1. The predicted octanol–water partition coefficient (Wildman–Crippen LogP) is 2.97. The molecule has 2 heterocycles. The first-order valence-electron chi connectivity index (χ1n) is 8.61. The van der Waals surface area contributed by atoms with Crippen LogP contribution >= 0.6 is 0 Å². The summed E-state index contributed by atoms with van der Waals surface area (Å²) in [6.07, 6.45) is 1.17. The lowest BCUT2D eigenvalue weighted by Gasteiger charge is -2.16. The first kappa shape index (κ1) is 17.1. The monoisotopic (exact) mass is 366 g/mol. The van der Waals surface area contributed by atoms with Gasteiger partial charge in [0.05, 0.1) is 6.61 Å². The Hall–Kier alpha value is -3.32. The van der Waals surface area contributed by atoms with E-state index in [0.717, 1.165) is 16.8 Å². The molecule has 7 heteroatoms. The molecule has 3 aromatic rings. The Morgan fingerprint density at radius 1 is 1.11 bits per heavy atom. The average Bonchev–Trinajstić information content (AvgIpc) is 3.17. The SMILES string of the molecule is O=C1CCc2cc(-c3cc(-c4ccc(OCCO)c(O)c4)on3)ccc2N1. The second-order valence-electron chi connectivity index (χ2n) is 6.25. The van der Waals surface area contributed by atoms with Gasteiger partial charge in [0.1, 0.15) is 12.3 Å². The van der Waals surface area contributed by atoms with Gasteiger partial charge in [-0.05, 0) is 42.3 Å². The van der Waals surface area contributed by atoms with E-state index in [0.29, 0.717) is 35.6 Å². The van der Waals surface area contributed by atoms with Crippen LogP contribution in [-0.2, 0) is 11.2 Å². The van der Waals surface area contributed by atoms with E-state index < -0.39 is 0 Å². The Morgan fingerprint density at radius 2 is 1.96 bits per heavy atom. The molecule has 1 aromatic heterocycles. The molecule has 7 nitrogen and oxygen atoms in total. The number of hydrogen-bond acceptors (Lipinski definition) is 6. The molecule has 4 rings (SSSR count). The Bertz CT molecular complexity index is 996. The number of carbonyl (C=O) groups is 1. The van der Waals surface area contributed by atoms with Crippen molar-refractivity contribution in [2.75, 3.05) is 18.5 Å². The van der Waals surface area contributed by atoms with Crippen molar-refractivity contribution >= 4 is 11.6 Å². The minimum Gasteiger partial charge on any atom is -0.504 e. The molecule has 0 radical (unpaired) electrons. The van der Waals surface area contributed by atoms with E-state index in [1.807, 2.05) is 18.2 Å². The molecule has 0 saturated heterocycles. The van der Waals surface area contributed by atoms with E-state index in [4.69, 9.17) is 14.4 Å². The minimum atomic E-state index is -0.128. The molecule has 0 fully saturated rings. The largest absolute Gasteiger partial charge is 0.504 e. The number of hydrogen-bond donors (Lipinski definition) is 3. The molecule has 138 valence electrons. The number of phenolic OH excluding ortho intramolecular Hbond substituents is 1. The van der Waals surface area contributed by atoms with Gasteiger partial charge in [-0.1, -0.05) is 11.2 Å². The molecule has 3 N–H and O–H groups in total. The smallest absolute Gasteiger partial charge is 0.224 e. The summed E-state index contributed by atoms with van der Waals surface area (Å²) in [6, 6.07) is 12.4. The van der Waals surface area contributed by atoms with Gasteiger partial charge in [-0.2, -0.15) is 0 Å². The number of fused-ring (bicyclic) bond motifs is 1. The van der Waals surface area contributed by atoms with Crippen molar-refractivity contribution in [3.8, 4) is 34.1 Å². The lowest BCUT2D eigenvalue weighted by Crippen LogP contribution is -2.18. The van der Waals surface area contributed by atoms with Gasteiger partial charge in [-0.15, -0.1) is 0 Å². The van der Waals surface area contributed by atoms with E-state index >= 15 is 0 Å². The first-order valence-corrected chi connectivity index (χ1v) is 8.61. The molecule has 2 aromatic carbocycles. The number of benzene rings is 2. The van der Waals surface area contributed by atoms with Crippen molar-refractivity contribution in [1.29, 1.82) is 0 Å². The lowest BCUT2D eigenvalue weighted by atomic mass is 9.99. The van der Waals surface area contributed by atoms with E-state index in [1.165, 1.54) is 6.07 Å². The summed E-state index contributed by atoms with van der Waals surface area (Å²) < 4.78 is 10.7. The number of ether oxygens (including phenoxy) is 1. The number of aromatic hydroxyl groups is 1. The third-order valence-corrected chi connectivity index (χ3v) is 4.40. The minimum absolute atomic E-state index is 0.0326. The molecule has 0 atom stereocenters. The summed E-state index contributed by atoms with van der Waals surface area (Å²) in [5, 5.41) is 25.8. The van der Waals surface area contributed by atoms with Crippen LogP contribution in [0.25, 0.3) is 22.6 Å². The number of aromatic nitrogens is 1. The molecule has 1 amide bonds. The lowest BCUT2D eigenvalue weighted by molar-refractivity contribution is -0.116. The number of rotatable bonds is 5. The molecule has 0 aliphatic carbocycles. The van der Waals surface area contributed by atoms with E-state index in [2.05, 4.69) is 10.5 Å². The number of aliphatic hydroxyl groups is 1. The number of amides is 1. The summed E-state index contributed by atoms with van der Waals surface area (Å²) in [7, 11) is 0. The third-order valence-electron chi connectivity index (χ3n) is 4.40. The van der Waals surface area contributed by atoms with Crippen molar-refractivity contribution in [2.45, 2.75) is 12.8 Å². The number of phenols is 1. The highest BCUT2D eigenvalue weighted by atomic mass is 16.5. The normalized spacial score (nSPS) is 13.1. The van der Waals surface area contributed by atoms with Crippen LogP contribution in [0, 0.1) is 0 Å². The maximum Gasteiger partial charge on any atom is 0.224 e. The highest BCUT2D eigenvalue weighted by Gasteiger charge is 2.17. The van der Waals surface area contributed by atoms with Gasteiger partial charge >= 0.3 is 0 Å². The van der Waals surface area contributed by atoms with Crippen LogP contribution in [-0.4, -0.2) is 34.5 Å². The van der Waals surface area contributed by atoms with Gasteiger partial charge in [0, 0.05) is 29.3 Å². The average molecular weight is 366 g/mol. The number of nitrogens with one attached hydrogen (secondary N) is 1. The van der Waals surface area contributed by atoms with Gasteiger partial charge in [0.25, 0.3) is 0 Å². The fourth-order valence-corrected chi connectivity index (χ4v) is 3.04. The summed E-state index contributed by atoms with van der Waals surface area (Å²) in [5.41, 5.74) is 4.13. The molecule has 1 aliphatic heterocycles. The predicted molar refractivity (Wildman–Crippen MR) is 98.6 cm³/mol. The van der Waals surface area contributed by atoms with E-state index in [-0.39, 0.29) is 24.9 Å². The van der Waals surface area contributed by atoms with Crippen LogP contribution in [0.1, 0.15) is 12.0 Å². The number of carbonyl (C=O) groups excluding carboxylic acids is 1. The third kappa shape index (κ3) is 3.50. The van der Waals surface area contributed by atoms with Gasteiger partial charge in [-0.25, -0.2) is 0 Å². The van der Waals surface area contributed by atoms with Crippen molar-refractivity contribution in [2.24, 2.45) is 0 Å². The Kier molecular flexibility index (Phi) is 4.52.